The summed E-state index contributed by atoms with van der Waals surface area (Å²) in [6.45, 7) is 4.06. The van der Waals surface area contributed by atoms with Crippen LogP contribution in [0.2, 0.25) is 5.02 Å². The lowest BCUT2D eigenvalue weighted by Crippen LogP contribution is -2.41. The van der Waals surface area contributed by atoms with Gasteiger partial charge in [0.05, 0.1) is 5.02 Å². The van der Waals surface area contributed by atoms with E-state index in [1.165, 1.54) is 0 Å². The number of anilines is 1. The van der Waals surface area contributed by atoms with Gasteiger partial charge in [0.2, 0.25) is 0 Å². The molecule has 1 aromatic heterocycles. The number of nitrogens with one attached hydrogen (secondary N) is 1. The number of aromatic nitrogens is 1. The van der Waals surface area contributed by atoms with Gasteiger partial charge in [-0.05, 0) is 25.6 Å². The number of halogens is 1. The van der Waals surface area contributed by atoms with E-state index in [9.17, 15) is 0 Å². The van der Waals surface area contributed by atoms with Gasteiger partial charge in [0.15, 0.2) is 0 Å². The summed E-state index contributed by atoms with van der Waals surface area (Å²) in [7, 11) is 1.92. The summed E-state index contributed by atoms with van der Waals surface area (Å²) >= 11 is 8.32. The molecule has 1 aliphatic heterocycles. The van der Waals surface area contributed by atoms with Crippen LogP contribution in [0.15, 0.2) is 12.3 Å². The number of hydrogen-bond acceptors (Lipinski definition) is 4. The van der Waals surface area contributed by atoms with Crippen molar-refractivity contribution in [3.63, 3.8) is 0 Å². The van der Waals surface area contributed by atoms with Gasteiger partial charge < -0.3 is 10.2 Å². The molecule has 0 saturated carbocycles. The van der Waals surface area contributed by atoms with E-state index < -0.39 is 0 Å². The molecule has 0 aromatic carbocycles. The van der Waals surface area contributed by atoms with Crippen LogP contribution < -0.4 is 10.2 Å². The summed E-state index contributed by atoms with van der Waals surface area (Å²) in [5, 5.41) is 3.86. The van der Waals surface area contributed by atoms with Gasteiger partial charge in [-0.2, -0.15) is 11.8 Å². The SMILES string of the molecule is CNCc1cnc(N2CCSCC2C)c(Cl)c1. The molecule has 2 heterocycles. The Bertz CT molecular complexity index is 386. The summed E-state index contributed by atoms with van der Waals surface area (Å²) in [5.41, 5.74) is 1.13. The van der Waals surface area contributed by atoms with E-state index in [4.69, 9.17) is 11.6 Å². The Morgan fingerprint density at radius 2 is 2.47 bits per heavy atom. The van der Waals surface area contributed by atoms with Crippen molar-refractivity contribution in [2.75, 3.05) is 30.0 Å². The molecule has 17 heavy (non-hydrogen) atoms. The maximum Gasteiger partial charge on any atom is 0.147 e. The second-order valence-electron chi connectivity index (χ2n) is 4.30. The first-order valence-corrected chi connectivity index (χ1v) is 7.39. The quantitative estimate of drug-likeness (QED) is 0.914. The predicted octanol–water partition coefficient (Wildman–Crippen LogP) is 2.40. The Labute approximate surface area is 112 Å². The van der Waals surface area contributed by atoms with Crippen molar-refractivity contribution in [2.45, 2.75) is 19.5 Å². The number of thioether (sulfide) groups is 1. The smallest absolute Gasteiger partial charge is 0.147 e. The summed E-state index contributed by atoms with van der Waals surface area (Å²) < 4.78 is 0. The van der Waals surface area contributed by atoms with Gasteiger partial charge in [-0.15, -0.1) is 0 Å². The van der Waals surface area contributed by atoms with Gasteiger partial charge in [-0.25, -0.2) is 4.98 Å². The number of hydrogen-bond donors (Lipinski definition) is 1. The molecule has 1 fully saturated rings. The highest BCUT2D eigenvalue weighted by Gasteiger charge is 2.21. The number of nitrogens with zero attached hydrogens (tertiary/aromatic N) is 2. The Kier molecular flexibility index (Phi) is 4.54. The van der Waals surface area contributed by atoms with Crippen LogP contribution in [0.25, 0.3) is 0 Å². The number of rotatable bonds is 3. The Hall–Kier alpha value is -0.450. The van der Waals surface area contributed by atoms with E-state index >= 15 is 0 Å². The van der Waals surface area contributed by atoms with Crippen LogP contribution in [0.4, 0.5) is 5.82 Å². The molecule has 0 amide bonds. The monoisotopic (exact) mass is 271 g/mol. The first kappa shape index (κ1) is 13.0. The molecule has 3 nitrogen and oxygen atoms in total. The molecule has 94 valence electrons. The van der Waals surface area contributed by atoms with Crippen molar-refractivity contribution in [2.24, 2.45) is 0 Å². The minimum Gasteiger partial charge on any atom is -0.351 e. The molecule has 5 heteroatoms. The summed E-state index contributed by atoms with van der Waals surface area (Å²) in [5.74, 6) is 3.23. The third kappa shape index (κ3) is 3.06. The van der Waals surface area contributed by atoms with E-state index in [-0.39, 0.29) is 0 Å². The first-order valence-electron chi connectivity index (χ1n) is 5.85. The second-order valence-corrected chi connectivity index (χ2v) is 5.85. The van der Waals surface area contributed by atoms with Crippen molar-refractivity contribution in [3.05, 3.63) is 22.8 Å². The molecule has 1 N–H and O–H groups in total. The fourth-order valence-electron chi connectivity index (χ4n) is 2.02. The molecule has 1 atom stereocenters. The lowest BCUT2D eigenvalue weighted by Gasteiger charge is -2.34. The highest BCUT2D eigenvalue weighted by molar-refractivity contribution is 7.99. The second kappa shape index (κ2) is 5.94. The van der Waals surface area contributed by atoms with E-state index in [0.29, 0.717) is 6.04 Å². The molecule has 0 aliphatic carbocycles. The molecular weight excluding hydrogens is 254 g/mol. The maximum absolute atomic E-state index is 6.33. The molecule has 1 unspecified atom stereocenters. The van der Waals surface area contributed by atoms with Gasteiger partial charge in [0.1, 0.15) is 5.82 Å². The molecule has 2 rings (SSSR count). The fourth-order valence-corrected chi connectivity index (χ4v) is 3.34. The van der Waals surface area contributed by atoms with Crippen LogP contribution in [0.3, 0.4) is 0 Å². The maximum atomic E-state index is 6.33. The van der Waals surface area contributed by atoms with Crippen molar-refractivity contribution in [3.8, 4) is 0 Å². The van der Waals surface area contributed by atoms with Crippen LogP contribution in [0, 0.1) is 0 Å². The van der Waals surface area contributed by atoms with E-state index in [0.717, 1.165) is 41.0 Å². The van der Waals surface area contributed by atoms with E-state index in [1.54, 1.807) is 0 Å². The highest BCUT2D eigenvalue weighted by Crippen LogP contribution is 2.29. The largest absolute Gasteiger partial charge is 0.351 e. The van der Waals surface area contributed by atoms with E-state index in [1.807, 2.05) is 31.1 Å². The molecule has 0 radical (unpaired) electrons. The zero-order valence-corrected chi connectivity index (χ0v) is 11.8. The van der Waals surface area contributed by atoms with Crippen LogP contribution in [-0.4, -0.2) is 36.1 Å². The summed E-state index contributed by atoms with van der Waals surface area (Å²) in [6.07, 6.45) is 1.91. The van der Waals surface area contributed by atoms with Crippen molar-refractivity contribution >= 4 is 29.2 Å². The van der Waals surface area contributed by atoms with Crippen LogP contribution >= 0.6 is 23.4 Å². The molecule has 0 spiro atoms. The molecule has 0 bridgehead atoms. The zero-order valence-electron chi connectivity index (χ0n) is 10.2. The minimum absolute atomic E-state index is 0.508. The van der Waals surface area contributed by atoms with Crippen molar-refractivity contribution < 1.29 is 0 Å². The Morgan fingerprint density at radius 1 is 1.65 bits per heavy atom. The van der Waals surface area contributed by atoms with Gasteiger partial charge in [0.25, 0.3) is 0 Å². The molecule has 1 aromatic rings. The fraction of sp³-hybridized carbons (Fsp3) is 0.583. The Morgan fingerprint density at radius 3 is 3.12 bits per heavy atom. The lowest BCUT2D eigenvalue weighted by atomic mass is 10.2. The van der Waals surface area contributed by atoms with Crippen molar-refractivity contribution in [1.82, 2.24) is 10.3 Å². The zero-order chi connectivity index (χ0) is 12.3. The van der Waals surface area contributed by atoms with Crippen LogP contribution in [0.1, 0.15) is 12.5 Å². The third-order valence-corrected chi connectivity index (χ3v) is 4.37. The topological polar surface area (TPSA) is 28.2 Å². The van der Waals surface area contributed by atoms with Crippen LogP contribution in [-0.2, 0) is 6.54 Å². The standard InChI is InChI=1S/C12H18ClN3S/c1-9-8-17-4-3-16(9)12-11(13)5-10(6-14-2)7-15-12/h5,7,9,14H,3-4,6,8H2,1-2H3. The van der Waals surface area contributed by atoms with Gasteiger partial charge >= 0.3 is 0 Å². The normalized spacial score (nSPS) is 20.6. The third-order valence-electron chi connectivity index (χ3n) is 2.90. The summed E-state index contributed by atoms with van der Waals surface area (Å²) in [6, 6.07) is 2.52. The minimum atomic E-state index is 0.508. The number of pyridine rings is 1. The predicted molar refractivity (Wildman–Crippen MR) is 76.1 cm³/mol. The lowest BCUT2D eigenvalue weighted by molar-refractivity contribution is 0.688. The summed E-state index contributed by atoms with van der Waals surface area (Å²) in [4.78, 5) is 6.82. The van der Waals surface area contributed by atoms with Gasteiger partial charge in [-0.1, -0.05) is 11.6 Å². The Balaban J connectivity index is 2.20. The van der Waals surface area contributed by atoms with Crippen LogP contribution in [0.5, 0.6) is 0 Å². The first-order chi connectivity index (χ1) is 8.22. The molecular formula is C12H18ClN3S. The average Bonchev–Trinajstić information content (AvgIpc) is 2.31. The van der Waals surface area contributed by atoms with Gasteiger partial charge in [0, 0.05) is 36.8 Å². The highest BCUT2D eigenvalue weighted by atomic mass is 35.5. The van der Waals surface area contributed by atoms with Gasteiger partial charge in [-0.3, -0.25) is 0 Å². The molecule has 1 aliphatic rings. The van der Waals surface area contributed by atoms with Crippen molar-refractivity contribution in [1.29, 1.82) is 0 Å². The average molecular weight is 272 g/mol. The molecule has 1 saturated heterocycles. The van der Waals surface area contributed by atoms with E-state index in [2.05, 4.69) is 22.1 Å².